The van der Waals surface area contributed by atoms with E-state index in [-0.39, 0.29) is 21.6 Å². The van der Waals surface area contributed by atoms with Crippen molar-refractivity contribution >= 4 is 34.3 Å². The molecule has 0 bridgehead atoms. The largest absolute Gasteiger partial charge is 0.496 e. The zero-order chi connectivity index (χ0) is 25.2. The van der Waals surface area contributed by atoms with Gasteiger partial charge in [-0.2, -0.15) is 13.2 Å². The highest BCUT2D eigenvalue weighted by Gasteiger charge is 2.31. The number of hydrogen-bond donors (Lipinski definition) is 2. The number of ether oxygens (including phenoxy) is 1. The van der Waals surface area contributed by atoms with Gasteiger partial charge in [0.2, 0.25) is 0 Å². The van der Waals surface area contributed by atoms with Crippen LogP contribution in [0.1, 0.15) is 24.8 Å². The molecule has 3 aromatic rings. The normalized spacial score (nSPS) is 15.9. The first-order valence-electron chi connectivity index (χ1n) is 11.3. The van der Waals surface area contributed by atoms with Crippen molar-refractivity contribution in [2.24, 2.45) is 0 Å². The molecule has 1 atom stereocenters. The van der Waals surface area contributed by atoms with Crippen LogP contribution in [-0.4, -0.2) is 53.6 Å². The van der Waals surface area contributed by atoms with Gasteiger partial charge in [-0.15, -0.1) is 11.8 Å². The topological polar surface area (TPSA) is 65.6 Å². The summed E-state index contributed by atoms with van der Waals surface area (Å²) in [5.74, 6) is 0.578. The van der Waals surface area contributed by atoms with Gasteiger partial charge in [-0.25, -0.2) is 0 Å². The van der Waals surface area contributed by atoms with Gasteiger partial charge in [0.1, 0.15) is 5.75 Å². The minimum Gasteiger partial charge on any atom is -0.496 e. The van der Waals surface area contributed by atoms with E-state index in [9.17, 15) is 23.1 Å². The molecular weight excluding hydrogens is 501 g/mol. The molecule has 2 heterocycles. The Kier molecular flexibility index (Phi) is 8.00. The summed E-state index contributed by atoms with van der Waals surface area (Å²) in [7, 11) is 1.44. The van der Waals surface area contributed by atoms with Crippen LogP contribution in [0.3, 0.4) is 0 Å². The second-order valence-electron chi connectivity index (χ2n) is 8.59. The lowest BCUT2D eigenvalue weighted by Crippen LogP contribution is -2.37. The van der Waals surface area contributed by atoms with Crippen molar-refractivity contribution in [3.05, 3.63) is 57.3 Å². The summed E-state index contributed by atoms with van der Waals surface area (Å²) in [5, 5.41) is 11.2. The number of aliphatic hydroxyl groups excluding tert-OH is 1. The molecule has 0 aliphatic carbocycles. The van der Waals surface area contributed by atoms with Crippen LogP contribution in [-0.2, 0) is 6.18 Å². The van der Waals surface area contributed by atoms with Gasteiger partial charge in [-0.3, -0.25) is 4.79 Å². The fraction of sp³-hybridized carbons (Fsp3) is 0.400. The number of aromatic nitrogens is 1. The zero-order valence-electron chi connectivity index (χ0n) is 19.1. The van der Waals surface area contributed by atoms with Crippen LogP contribution < -0.4 is 10.3 Å². The SMILES string of the molecule is COc1ccc(Cl)cc1-c1c(SCC(O)CN2CCCCC2)c(=O)[nH]c2ccc(C(F)(F)F)cc12. The molecule has 0 amide bonds. The van der Waals surface area contributed by atoms with Gasteiger partial charge < -0.3 is 19.7 Å². The Bertz CT molecular complexity index is 1260. The number of nitrogens with zero attached hydrogens (tertiary/aromatic N) is 1. The fourth-order valence-electron chi connectivity index (χ4n) is 4.40. The number of hydrogen-bond acceptors (Lipinski definition) is 5. The number of aromatic amines is 1. The highest BCUT2D eigenvalue weighted by Crippen LogP contribution is 2.42. The molecule has 5 nitrogen and oxygen atoms in total. The number of rotatable bonds is 7. The maximum atomic E-state index is 13.6. The maximum absolute atomic E-state index is 13.6. The number of aliphatic hydroxyl groups is 1. The van der Waals surface area contributed by atoms with Crippen LogP contribution in [0, 0.1) is 0 Å². The smallest absolute Gasteiger partial charge is 0.416 e. The lowest BCUT2D eigenvalue weighted by atomic mass is 9.98. The molecule has 0 saturated carbocycles. The molecule has 1 aromatic heterocycles. The van der Waals surface area contributed by atoms with Crippen LogP contribution in [0.25, 0.3) is 22.0 Å². The molecule has 1 aliphatic rings. The number of β-amino-alcohol motifs (C(OH)–C–C–N with tert-alkyl or cyclic N) is 1. The summed E-state index contributed by atoms with van der Waals surface area (Å²) in [5.41, 5.74) is -0.323. The number of methoxy groups -OCH3 is 1. The average molecular weight is 527 g/mol. The molecule has 4 rings (SSSR count). The zero-order valence-corrected chi connectivity index (χ0v) is 20.7. The number of fused-ring (bicyclic) bond motifs is 1. The Hall–Kier alpha value is -2.20. The Morgan fingerprint density at radius 3 is 2.60 bits per heavy atom. The van der Waals surface area contributed by atoms with Crippen molar-refractivity contribution < 1.29 is 23.0 Å². The third-order valence-electron chi connectivity index (χ3n) is 6.07. The lowest BCUT2D eigenvalue weighted by molar-refractivity contribution is -0.137. The molecular formula is C25H26ClF3N2O3S. The molecule has 1 fully saturated rings. The first-order chi connectivity index (χ1) is 16.7. The van der Waals surface area contributed by atoms with Crippen LogP contribution in [0.15, 0.2) is 46.1 Å². The van der Waals surface area contributed by atoms with Gasteiger partial charge in [0.15, 0.2) is 0 Å². The number of piperidine rings is 1. The minimum atomic E-state index is -4.56. The van der Waals surface area contributed by atoms with Crippen LogP contribution in [0.5, 0.6) is 5.75 Å². The van der Waals surface area contributed by atoms with Gasteiger partial charge in [0, 0.05) is 39.4 Å². The maximum Gasteiger partial charge on any atom is 0.416 e. The van der Waals surface area contributed by atoms with Crippen LogP contribution >= 0.6 is 23.4 Å². The molecule has 2 aromatic carbocycles. The van der Waals surface area contributed by atoms with E-state index >= 15 is 0 Å². The van der Waals surface area contributed by atoms with Crippen molar-refractivity contribution in [1.29, 1.82) is 0 Å². The lowest BCUT2D eigenvalue weighted by Gasteiger charge is -2.28. The Labute approximate surface area is 210 Å². The standard InChI is InChI=1S/C25H26ClF3N2O3S/c1-34-21-8-6-16(26)12-19(21)22-18-11-15(25(27,28)29)5-7-20(18)30-24(33)23(22)35-14-17(32)13-31-9-3-2-4-10-31/h5-8,11-12,17,32H,2-4,9-10,13-14H2,1H3,(H,30,33). The van der Waals surface area contributed by atoms with E-state index in [0.717, 1.165) is 49.8 Å². The van der Waals surface area contributed by atoms with E-state index in [0.29, 0.717) is 28.4 Å². The van der Waals surface area contributed by atoms with Crippen molar-refractivity contribution in [3.63, 3.8) is 0 Å². The highest BCUT2D eigenvalue weighted by molar-refractivity contribution is 7.99. The van der Waals surface area contributed by atoms with E-state index in [1.54, 1.807) is 18.2 Å². The van der Waals surface area contributed by atoms with Crippen LogP contribution in [0.2, 0.25) is 5.02 Å². The summed E-state index contributed by atoms with van der Waals surface area (Å²) in [4.78, 5) is 18.2. The number of likely N-dealkylation sites (tertiary alicyclic amines) is 1. The molecule has 0 spiro atoms. The van der Waals surface area contributed by atoms with E-state index < -0.39 is 23.4 Å². The molecule has 35 heavy (non-hydrogen) atoms. The van der Waals surface area contributed by atoms with Gasteiger partial charge in [-0.05, 0) is 62.3 Å². The van der Waals surface area contributed by atoms with E-state index in [2.05, 4.69) is 9.88 Å². The molecule has 1 saturated heterocycles. The Morgan fingerprint density at radius 1 is 1.17 bits per heavy atom. The minimum absolute atomic E-state index is 0.204. The van der Waals surface area contributed by atoms with E-state index in [1.165, 1.54) is 19.6 Å². The summed E-state index contributed by atoms with van der Waals surface area (Å²) < 4.78 is 46.1. The first-order valence-corrected chi connectivity index (χ1v) is 12.7. The molecule has 2 N–H and O–H groups in total. The van der Waals surface area contributed by atoms with Crippen LogP contribution in [0.4, 0.5) is 13.2 Å². The van der Waals surface area contributed by atoms with Crippen molar-refractivity contribution in [3.8, 4) is 16.9 Å². The van der Waals surface area contributed by atoms with Crippen molar-refractivity contribution in [2.45, 2.75) is 36.4 Å². The van der Waals surface area contributed by atoms with Gasteiger partial charge in [0.05, 0.1) is 23.7 Å². The Morgan fingerprint density at radius 2 is 1.91 bits per heavy atom. The Balaban J connectivity index is 1.81. The predicted octanol–water partition coefficient (Wildman–Crippen LogP) is 5.81. The molecule has 188 valence electrons. The number of benzene rings is 2. The summed E-state index contributed by atoms with van der Waals surface area (Å²) in [6.45, 7) is 2.32. The first kappa shape index (κ1) is 25.9. The van der Waals surface area contributed by atoms with E-state index in [4.69, 9.17) is 16.3 Å². The second kappa shape index (κ2) is 10.8. The highest BCUT2D eigenvalue weighted by atomic mass is 35.5. The average Bonchev–Trinajstić information content (AvgIpc) is 2.82. The number of nitrogens with one attached hydrogen (secondary N) is 1. The number of H-pyrrole nitrogens is 1. The number of alkyl halides is 3. The molecule has 10 heteroatoms. The summed E-state index contributed by atoms with van der Waals surface area (Å²) >= 11 is 7.35. The predicted molar refractivity (Wildman–Crippen MR) is 134 cm³/mol. The quantitative estimate of drug-likeness (QED) is 0.380. The van der Waals surface area contributed by atoms with Gasteiger partial charge >= 0.3 is 6.18 Å². The molecule has 0 radical (unpaired) electrons. The molecule has 1 unspecified atom stereocenters. The molecule has 1 aliphatic heterocycles. The summed E-state index contributed by atoms with van der Waals surface area (Å²) in [6, 6.07) is 8.00. The third kappa shape index (κ3) is 5.97. The number of pyridine rings is 1. The fourth-order valence-corrected chi connectivity index (χ4v) is 5.59. The van der Waals surface area contributed by atoms with Gasteiger partial charge in [-0.1, -0.05) is 18.0 Å². The second-order valence-corrected chi connectivity index (χ2v) is 10.1. The summed E-state index contributed by atoms with van der Waals surface area (Å²) in [6.07, 6.45) is -1.91. The monoisotopic (exact) mass is 526 g/mol. The van der Waals surface area contributed by atoms with E-state index in [1.807, 2.05) is 0 Å². The number of thioether (sulfide) groups is 1. The van der Waals surface area contributed by atoms with Crippen molar-refractivity contribution in [1.82, 2.24) is 9.88 Å². The number of halogens is 4. The van der Waals surface area contributed by atoms with Gasteiger partial charge in [0.25, 0.3) is 5.56 Å². The van der Waals surface area contributed by atoms with Crippen molar-refractivity contribution in [2.75, 3.05) is 32.5 Å². The third-order valence-corrected chi connectivity index (χ3v) is 7.53.